The van der Waals surface area contributed by atoms with E-state index in [-0.39, 0.29) is 11.6 Å². The van der Waals surface area contributed by atoms with Crippen LogP contribution in [0.25, 0.3) is 0 Å². The van der Waals surface area contributed by atoms with Gasteiger partial charge in [0, 0.05) is 40.9 Å². The number of nitrogens with two attached hydrogens (primary N) is 1. The number of hydrogen-bond acceptors (Lipinski definition) is 4. The highest BCUT2D eigenvalue weighted by Gasteiger charge is 2.42. The van der Waals surface area contributed by atoms with Gasteiger partial charge in [0.15, 0.2) is 0 Å². The number of benzene rings is 1. The van der Waals surface area contributed by atoms with Crippen LogP contribution in [0.4, 0.5) is 0 Å². The van der Waals surface area contributed by atoms with E-state index >= 15 is 0 Å². The summed E-state index contributed by atoms with van der Waals surface area (Å²) in [5.41, 5.74) is 11.9. The molecule has 2 fully saturated rings. The second kappa shape index (κ2) is 9.11. The number of nitrogens with zero attached hydrogens (tertiary/aromatic N) is 3. The minimum absolute atomic E-state index is 0.167. The molecule has 0 bridgehead atoms. The lowest BCUT2D eigenvalue weighted by Crippen LogP contribution is -2.60. The Kier molecular flexibility index (Phi) is 6.42. The van der Waals surface area contributed by atoms with Gasteiger partial charge in [-0.1, -0.05) is 24.1 Å². The van der Waals surface area contributed by atoms with E-state index < -0.39 is 0 Å². The largest absolute Gasteiger partial charge is 0.329 e. The normalized spacial score (nSPS) is 24.3. The highest BCUT2D eigenvalue weighted by Crippen LogP contribution is 2.41. The van der Waals surface area contributed by atoms with Gasteiger partial charge in [0.25, 0.3) is 0 Å². The van der Waals surface area contributed by atoms with Crippen molar-refractivity contribution in [3.63, 3.8) is 0 Å². The van der Waals surface area contributed by atoms with Crippen LogP contribution in [-0.4, -0.2) is 53.0 Å². The number of likely N-dealkylation sites (tertiary alicyclic amines) is 2. The SMILES string of the molecule is NCC1(N2CCCCC2)CCN(C2c3ccc(Cl)cc3CCc3cc(Br)cnc32)CC1. The van der Waals surface area contributed by atoms with Crippen LogP contribution in [0.1, 0.15) is 60.5 Å². The molecule has 5 rings (SSSR count). The van der Waals surface area contributed by atoms with Gasteiger partial charge in [-0.3, -0.25) is 14.8 Å². The molecule has 3 aliphatic rings. The fourth-order valence-corrected chi connectivity index (χ4v) is 6.57. The van der Waals surface area contributed by atoms with Crippen molar-refractivity contribution in [3.05, 3.63) is 62.3 Å². The molecular weight excluding hydrogens is 472 g/mol. The summed E-state index contributed by atoms with van der Waals surface area (Å²) in [7, 11) is 0. The smallest absolute Gasteiger partial charge is 0.0781 e. The minimum Gasteiger partial charge on any atom is -0.329 e. The van der Waals surface area contributed by atoms with Crippen LogP contribution in [-0.2, 0) is 12.8 Å². The summed E-state index contributed by atoms with van der Waals surface area (Å²) < 4.78 is 1.06. The van der Waals surface area contributed by atoms with Crippen LogP contribution in [0, 0.1) is 0 Å². The maximum absolute atomic E-state index is 6.41. The van der Waals surface area contributed by atoms with Crippen LogP contribution >= 0.6 is 27.5 Å². The molecule has 0 radical (unpaired) electrons. The second-order valence-electron chi connectivity index (χ2n) is 9.46. The monoisotopic (exact) mass is 502 g/mol. The number of aromatic nitrogens is 1. The number of piperidine rings is 2. The lowest BCUT2D eigenvalue weighted by molar-refractivity contribution is 0.00635. The zero-order valence-electron chi connectivity index (χ0n) is 18.1. The summed E-state index contributed by atoms with van der Waals surface area (Å²) in [6, 6.07) is 8.88. The van der Waals surface area contributed by atoms with E-state index in [1.54, 1.807) is 0 Å². The Morgan fingerprint density at radius 3 is 2.52 bits per heavy atom. The van der Waals surface area contributed by atoms with Crippen molar-refractivity contribution in [1.29, 1.82) is 0 Å². The highest BCUT2D eigenvalue weighted by atomic mass is 79.9. The maximum atomic E-state index is 6.41. The van der Waals surface area contributed by atoms with E-state index in [1.807, 2.05) is 12.3 Å². The van der Waals surface area contributed by atoms with Crippen molar-refractivity contribution < 1.29 is 0 Å². The number of rotatable bonds is 3. The predicted octanol–water partition coefficient (Wildman–Crippen LogP) is 4.96. The zero-order valence-corrected chi connectivity index (χ0v) is 20.5. The first-order valence-electron chi connectivity index (χ1n) is 11.7. The molecule has 6 heteroatoms. The van der Waals surface area contributed by atoms with Crippen molar-refractivity contribution in [3.8, 4) is 0 Å². The Bertz CT molecular complexity index is 882. The molecule has 3 heterocycles. The Labute approximate surface area is 199 Å². The quantitative estimate of drug-likeness (QED) is 0.643. The van der Waals surface area contributed by atoms with E-state index in [0.29, 0.717) is 0 Å². The first-order valence-corrected chi connectivity index (χ1v) is 12.9. The third kappa shape index (κ3) is 4.20. The van der Waals surface area contributed by atoms with Crippen LogP contribution in [0.3, 0.4) is 0 Å². The highest BCUT2D eigenvalue weighted by molar-refractivity contribution is 9.10. The predicted molar refractivity (Wildman–Crippen MR) is 131 cm³/mol. The van der Waals surface area contributed by atoms with E-state index in [0.717, 1.165) is 54.8 Å². The van der Waals surface area contributed by atoms with Gasteiger partial charge < -0.3 is 5.73 Å². The standard InChI is InChI=1S/C25H32BrClN4/c26-20-14-19-5-4-18-15-21(27)6-7-22(18)24(23(19)29-16-20)30-12-8-25(17-28,9-13-30)31-10-2-1-3-11-31/h6-7,14-16,24H,1-5,8-13,17,28H2. The van der Waals surface area contributed by atoms with Gasteiger partial charge in [0.05, 0.1) is 11.7 Å². The van der Waals surface area contributed by atoms with Crippen LogP contribution in [0.15, 0.2) is 34.9 Å². The number of halogens is 2. The summed E-state index contributed by atoms with van der Waals surface area (Å²) in [5.74, 6) is 0. The average molecular weight is 504 g/mol. The van der Waals surface area contributed by atoms with Crippen molar-refractivity contribution in [2.45, 2.75) is 56.5 Å². The molecule has 1 aromatic carbocycles. The molecular formula is C25H32BrClN4. The summed E-state index contributed by atoms with van der Waals surface area (Å²) in [5, 5.41) is 0.823. The third-order valence-electron chi connectivity index (χ3n) is 7.79. The fraction of sp³-hybridized carbons (Fsp3) is 0.560. The first-order chi connectivity index (χ1) is 15.1. The molecule has 0 amide bonds. The molecule has 1 atom stereocenters. The van der Waals surface area contributed by atoms with E-state index in [4.69, 9.17) is 22.3 Å². The zero-order chi connectivity index (χ0) is 21.4. The summed E-state index contributed by atoms with van der Waals surface area (Å²) in [4.78, 5) is 10.3. The molecule has 2 saturated heterocycles. The molecule has 2 aliphatic heterocycles. The summed E-state index contributed by atoms with van der Waals surface area (Å²) in [6.45, 7) is 5.29. The third-order valence-corrected chi connectivity index (χ3v) is 8.46. The topological polar surface area (TPSA) is 45.4 Å². The molecule has 1 aromatic heterocycles. The number of pyridine rings is 1. The van der Waals surface area contributed by atoms with Crippen molar-refractivity contribution >= 4 is 27.5 Å². The Hall–Kier alpha value is -0.980. The van der Waals surface area contributed by atoms with Crippen molar-refractivity contribution in [2.24, 2.45) is 5.73 Å². The molecule has 166 valence electrons. The lowest BCUT2D eigenvalue weighted by atomic mass is 9.82. The van der Waals surface area contributed by atoms with Gasteiger partial charge >= 0.3 is 0 Å². The van der Waals surface area contributed by atoms with Crippen LogP contribution < -0.4 is 5.73 Å². The number of fused-ring (bicyclic) bond motifs is 2. The average Bonchev–Trinajstić information content (AvgIpc) is 2.96. The first kappa shape index (κ1) is 21.8. The summed E-state index contributed by atoms with van der Waals surface area (Å²) >= 11 is 10.0. The van der Waals surface area contributed by atoms with Gasteiger partial charge in [-0.15, -0.1) is 0 Å². The Morgan fingerprint density at radius 2 is 1.77 bits per heavy atom. The van der Waals surface area contributed by atoms with E-state index in [2.05, 4.69) is 43.9 Å². The molecule has 31 heavy (non-hydrogen) atoms. The Morgan fingerprint density at radius 1 is 1.03 bits per heavy atom. The fourth-order valence-electron chi connectivity index (χ4n) is 6.00. The van der Waals surface area contributed by atoms with Gasteiger partial charge in [0.1, 0.15) is 0 Å². The molecule has 4 nitrogen and oxygen atoms in total. The second-order valence-corrected chi connectivity index (χ2v) is 10.8. The summed E-state index contributed by atoms with van der Waals surface area (Å²) in [6.07, 6.45) is 10.2. The number of aryl methyl sites for hydroxylation is 2. The number of hydrogen-bond donors (Lipinski definition) is 1. The molecule has 2 N–H and O–H groups in total. The minimum atomic E-state index is 0.167. The van der Waals surface area contributed by atoms with Gasteiger partial charge in [0.2, 0.25) is 0 Å². The van der Waals surface area contributed by atoms with Crippen molar-refractivity contribution in [1.82, 2.24) is 14.8 Å². The van der Waals surface area contributed by atoms with E-state index in [9.17, 15) is 0 Å². The van der Waals surface area contributed by atoms with Crippen molar-refractivity contribution in [2.75, 3.05) is 32.7 Å². The van der Waals surface area contributed by atoms with Crippen LogP contribution in [0.2, 0.25) is 5.02 Å². The molecule has 0 spiro atoms. The van der Waals surface area contributed by atoms with Gasteiger partial charge in [-0.25, -0.2) is 0 Å². The Balaban J connectivity index is 1.47. The molecule has 1 aliphatic carbocycles. The molecule has 2 aromatic rings. The molecule has 1 unspecified atom stereocenters. The van der Waals surface area contributed by atoms with Gasteiger partial charge in [-0.2, -0.15) is 0 Å². The molecule has 0 saturated carbocycles. The van der Waals surface area contributed by atoms with Crippen LogP contribution in [0.5, 0.6) is 0 Å². The van der Waals surface area contributed by atoms with E-state index in [1.165, 1.54) is 54.7 Å². The van der Waals surface area contributed by atoms with Gasteiger partial charge in [-0.05, 0) is 102 Å². The maximum Gasteiger partial charge on any atom is 0.0781 e. The lowest BCUT2D eigenvalue weighted by Gasteiger charge is -2.51.